The summed E-state index contributed by atoms with van der Waals surface area (Å²) in [5.41, 5.74) is 6.24. The van der Waals surface area contributed by atoms with Crippen LogP contribution in [-0.4, -0.2) is 51.8 Å². The Balaban J connectivity index is 1.56. The van der Waals surface area contributed by atoms with E-state index in [-0.39, 0.29) is 24.9 Å². The first-order chi connectivity index (χ1) is 15.5. The van der Waals surface area contributed by atoms with Crippen LogP contribution in [0.1, 0.15) is 25.0 Å². The van der Waals surface area contributed by atoms with Crippen LogP contribution in [0, 0.1) is 0 Å². The molecule has 0 aliphatic carbocycles. The summed E-state index contributed by atoms with van der Waals surface area (Å²) in [7, 11) is 0. The summed E-state index contributed by atoms with van der Waals surface area (Å²) in [5.74, 6) is -0.649. The fourth-order valence-corrected chi connectivity index (χ4v) is 3.88. The van der Waals surface area contributed by atoms with E-state index in [0.717, 1.165) is 17.5 Å². The van der Waals surface area contributed by atoms with Crippen LogP contribution in [0.2, 0.25) is 0 Å². The van der Waals surface area contributed by atoms with E-state index >= 15 is 0 Å². The molecule has 2 aliphatic heterocycles. The highest BCUT2D eigenvalue weighted by atomic mass is 16.2. The summed E-state index contributed by atoms with van der Waals surface area (Å²) in [6.07, 6.45) is 2.59. The Morgan fingerprint density at radius 1 is 1.00 bits per heavy atom. The highest BCUT2D eigenvalue weighted by Crippen LogP contribution is 2.27. The smallest absolute Gasteiger partial charge is 0.325 e. The van der Waals surface area contributed by atoms with E-state index < -0.39 is 12.1 Å². The van der Waals surface area contributed by atoms with Crippen LogP contribution < -0.4 is 10.7 Å². The van der Waals surface area contributed by atoms with Crippen molar-refractivity contribution in [1.29, 1.82) is 0 Å². The molecule has 32 heavy (non-hydrogen) atoms. The van der Waals surface area contributed by atoms with E-state index in [9.17, 15) is 14.4 Å². The lowest BCUT2D eigenvalue weighted by atomic mass is 10.1. The van der Waals surface area contributed by atoms with Crippen molar-refractivity contribution < 1.29 is 14.4 Å². The molecule has 8 heteroatoms. The zero-order valence-corrected chi connectivity index (χ0v) is 18.2. The number of carbonyl (C=O) groups is 3. The second-order valence-electron chi connectivity index (χ2n) is 7.78. The second kappa shape index (κ2) is 9.23. The van der Waals surface area contributed by atoms with Crippen molar-refractivity contribution in [3.05, 3.63) is 77.6 Å². The van der Waals surface area contributed by atoms with Gasteiger partial charge in [0.1, 0.15) is 12.6 Å². The van der Waals surface area contributed by atoms with Gasteiger partial charge in [-0.2, -0.15) is 0 Å². The number of nitrogens with zero attached hydrogens (tertiary/aromatic N) is 3. The van der Waals surface area contributed by atoms with Crippen molar-refractivity contribution >= 4 is 23.5 Å². The van der Waals surface area contributed by atoms with Crippen LogP contribution in [-0.2, 0) is 22.6 Å². The van der Waals surface area contributed by atoms with Gasteiger partial charge in [-0.15, -0.1) is 0 Å². The first-order valence-electron chi connectivity index (χ1n) is 10.8. The number of imide groups is 1. The minimum absolute atomic E-state index is 0.146. The summed E-state index contributed by atoms with van der Waals surface area (Å²) < 4.78 is 0. The maximum absolute atomic E-state index is 13.3. The molecule has 2 N–H and O–H groups in total. The van der Waals surface area contributed by atoms with Crippen LogP contribution in [0.5, 0.6) is 0 Å². The standard InChI is InChI=1S/C24H27N5O3/c1-3-17-11-8-12-19(13-17)25-21(30)16-28-20-15-27(4-2)26-22(20)23(31)29(24(28)32)14-18-9-6-5-7-10-18/h5-13,15,22,26H,3-4,14,16H2,1-2H3,(H,25,30). The molecule has 1 atom stereocenters. The van der Waals surface area contributed by atoms with Gasteiger partial charge in [-0.1, -0.05) is 49.4 Å². The molecular formula is C24H27N5O3. The number of anilines is 1. The largest absolute Gasteiger partial charge is 0.331 e. The highest BCUT2D eigenvalue weighted by molar-refractivity contribution is 6.05. The minimum atomic E-state index is -0.701. The molecule has 1 fully saturated rings. The van der Waals surface area contributed by atoms with Gasteiger partial charge in [0.2, 0.25) is 5.91 Å². The van der Waals surface area contributed by atoms with Crippen molar-refractivity contribution in [2.75, 3.05) is 18.4 Å². The molecule has 0 radical (unpaired) electrons. The molecule has 166 valence electrons. The molecule has 2 aromatic carbocycles. The Bertz CT molecular complexity index is 1050. The van der Waals surface area contributed by atoms with Crippen LogP contribution in [0.3, 0.4) is 0 Å². The van der Waals surface area contributed by atoms with Gasteiger partial charge in [0.15, 0.2) is 0 Å². The highest BCUT2D eigenvalue weighted by Gasteiger charge is 2.46. The first kappa shape index (κ1) is 21.6. The third kappa shape index (κ3) is 4.36. The van der Waals surface area contributed by atoms with Gasteiger partial charge in [0, 0.05) is 18.4 Å². The van der Waals surface area contributed by atoms with Crippen LogP contribution >= 0.6 is 0 Å². The van der Waals surface area contributed by atoms with Crippen LogP contribution in [0.15, 0.2) is 66.5 Å². The topological polar surface area (TPSA) is 85.0 Å². The minimum Gasteiger partial charge on any atom is -0.325 e. The predicted molar refractivity (Wildman–Crippen MR) is 121 cm³/mol. The number of nitrogens with one attached hydrogen (secondary N) is 2. The number of benzene rings is 2. The maximum atomic E-state index is 13.3. The number of rotatable bonds is 7. The number of fused-ring (bicyclic) bond motifs is 1. The first-order valence-corrected chi connectivity index (χ1v) is 10.8. The van der Waals surface area contributed by atoms with Crippen molar-refractivity contribution in [3.63, 3.8) is 0 Å². The quantitative estimate of drug-likeness (QED) is 0.701. The molecule has 1 saturated heterocycles. The molecular weight excluding hydrogens is 406 g/mol. The van der Waals surface area contributed by atoms with E-state index in [1.54, 1.807) is 11.2 Å². The van der Waals surface area contributed by atoms with Crippen LogP contribution in [0.4, 0.5) is 10.5 Å². The van der Waals surface area contributed by atoms with Gasteiger partial charge in [-0.05, 0) is 36.6 Å². The summed E-state index contributed by atoms with van der Waals surface area (Å²) in [6, 6.07) is 15.8. The average molecular weight is 434 g/mol. The fourth-order valence-electron chi connectivity index (χ4n) is 3.88. The van der Waals surface area contributed by atoms with Crippen LogP contribution in [0.25, 0.3) is 0 Å². The monoisotopic (exact) mass is 433 g/mol. The molecule has 4 rings (SSSR count). The SMILES string of the molecule is CCc1cccc(NC(=O)CN2C(=O)N(Cc3ccccc3)C(=O)C3NN(CC)C=C32)c1. The Morgan fingerprint density at radius 2 is 1.75 bits per heavy atom. The Morgan fingerprint density at radius 3 is 2.47 bits per heavy atom. The summed E-state index contributed by atoms with van der Waals surface area (Å²) in [4.78, 5) is 41.9. The lowest BCUT2D eigenvalue weighted by Gasteiger charge is -2.37. The Kier molecular flexibility index (Phi) is 6.23. The van der Waals surface area contributed by atoms with E-state index in [1.165, 1.54) is 9.80 Å². The number of aryl methyl sites for hydroxylation is 1. The van der Waals surface area contributed by atoms with Gasteiger partial charge in [0.05, 0.1) is 12.2 Å². The number of carbonyl (C=O) groups excluding carboxylic acids is 3. The molecule has 0 bridgehead atoms. The lowest BCUT2D eigenvalue weighted by molar-refractivity contribution is -0.133. The molecule has 0 aromatic heterocycles. The number of hydrazine groups is 1. The third-order valence-electron chi connectivity index (χ3n) is 5.61. The predicted octanol–water partition coefficient (Wildman–Crippen LogP) is 2.70. The van der Waals surface area contributed by atoms with Gasteiger partial charge < -0.3 is 10.3 Å². The number of hydrogen-bond donors (Lipinski definition) is 2. The molecule has 2 aromatic rings. The van der Waals surface area contributed by atoms with E-state index in [1.807, 2.05) is 68.4 Å². The maximum Gasteiger partial charge on any atom is 0.331 e. The second-order valence-corrected chi connectivity index (χ2v) is 7.78. The zero-order valence-electron chi connectivity index (χ0n) is 18.2. The Labute approximate surface area is 187 Å². The third-order valence-corrected chi connectivity index (χ3v) is 5.61. The van der Waals surface area contributed by atoms with Gasteiger partial charge >= 0.3 is 6.03 Å². The fraction of sp³-hybridized carbons (Fsp3) is 0.292. The van der Waals surface area contributed by atoms with Gasteiger partial charge in [-0.25, -0.2) is 10.2 Å². The molecule has 4 amide bonds. The number of urea groups is 1. The van der Waals surface area contributed by atoms with E-state index in [2.05, 4.69) is 10.7 Å². The normalized spacial score (nSPS) is 18.0. The zero-order chi connectivity index (χ0) is 22.7. The summed E-state index contributed by atoms with van der Waals surface area (Å²) >= 11 is 0. The van der Waals surface area contributed by atoms with Crippen molar-refractivity contribution in [2.45, 2.75) is 32.9 Å². The summed E-state index contributed by atoms with van der Waals surface area (Å²) in [6.45, 7) is 4.56. The molecule has 8 nitrogen and oxygen atoms in total. The number of hydrogen-bond acceptors (Lipinski definition) is 5. The van der Waals surface area contributed by atoms with Crippen molar-refractivity contribution in [1.82, 2.24) is 20.2 Å². The molecule has 2 heterocycles. The molecule has 0 saturated carbocycles. The van der Waals surface area contributed by atoms with Gasteiger partial charge in [0.25, 0.3) is 5.91 Å². The number of amides is 4. The van der Waals surface area contributed by atoms with E-state index in [4.69, 9.17) is 0 Å². The van der Waals surface area contributed by atoms with E-state index in [0.29, 0.717) is 17.9 Å². The molecule has 1 unspecified atom stereocenters. The lowest BCUT2D eigenvalue weighted by Crippen LogP contribution is -2.61. The Hall–Kier alpha value is -3.65. The van der Waals surface area contributed by atoms with Crippen molar-refractivity contribution in [3.8, 4) is 0 Å². The molecule has 2 aliphatic rings. The average Bonchev–Trinajstić information content (AvgIpc) is 3.25. The van der Waals surface area contributed by atoms with Gasteiger partial charge in [-0.3, -0.25) is 19.4 Å². The summed E-state index contributed by atoms with van der Waals surface area (Å²) in [5, 5.41) is 4.62. The van der Waals surface area contributed by atoms with Crippen molar-refractivity contribution in [2.24, 2.45) is 0 Å². The molecule has 0 spiro atoms.